The number of carbonyl (C=O) groups is 2. The normalized spacial score (nSPS) is 19.7. The van der Waals surface area contributed by atoms with E-state index >= 15 is 0 Å². The fraction of sp³-hybridized carbons (Fsp3) is 0.436. The predicted octanol–water partition coefficient (Wildman–Crippen LogP) is 6.50. The summed E-state index contributed by atoms with van der Waals surface area (Å²) in [7, 11) is 0. The highest BCUT2D eigenvalue weighted by Crippen LogP contribution is 2.39. The molecule has 1 heterocycles. The molecule has 4 N–H and O–H groups in total. The summed E-state index contributed by atoms with van der Waals surface area (Å²) >= 11 is 0. The Hall–Kier alpha value is -3.86. The number of hydrogen-bond donors (Lipinski definition) is 4. The summed E-state index contributed by atoms with van der Waals surface area (Å²) < 4.78 is 13.3. The van der Waals surface area contributed by atoms with Crippen molar-refractivity contribution >= 4 is 11.8 Å². The van der Waals surface area contributed by atoms with E-state index < -0.39 is 12.2 Å². The number of ether oxygens (including phenoxy) is 2. The number of rotatable bonds is 16. The Bertz CT molecular complexity index is 1470. The molecule has 0 spiro atoms. The maximum Gasteiger partial charge on any atom is 0.243 e. The molecule has 1 saturated heterocycles. The van der Waals surface area contributed by atoms with E-state index in [1.54, 1.807) is 5.48 Å². The first-order chi connectivity index (χ1) is 23.4. The van der Waals surface area contributed by atoms with E-state index in [9.17, 15) is 14.7 Å². The van der Waals surface area contributed by atoms with Crippen molar-refractivity contribution in [3.63, 3.8) is 0 Å². The average molecular weight is 656 g/mol. The minimum atomic E-state index is -0.519. The van der Waals surface area contributed by atoms with Gasteiger partial charge in [-0.2, -0.15) is 0 Å². The molecule has 1 aliphatic heterocycles. The van der Waals surface area contributed by atoms with Crippen LogP contribution in [0.1, 0.15) is 92.4 Å². The molecule has 2 amide bonds. The third kappa shape index (κ3) is 10.1. The summed E-state index contributed by atoms with van der Waals surface area (Å²) in [6, 6.07) is 25.0. The molecule has 0 aromatic heterocycles. The van der Waals surface area contributed by atoms with Gasteiger partial charge in [0.2, 0.25) is 11.8 Å². The van der Waals surface area contributed by atoms with Crippen LogP contribution in [0.4, 0.5) is 0 Å². The second-order valence-electron chi connectivity index (χ2n) is 12.9. The summed E-state index contributed by atoms with van der Waals surface area (Å²) in [6.45, 7) is 6.11. The zero-order valence-electron chi connectivity index (χ0n) is 27.7. The van der Waals surface area contributed by atoms with Crippen molar-refractivity contribution < 1.29 is 29.4 Å². The molecule has 3 atom stereocenters. The number of aliphatic hydroxyl groups excluding tert-OH is 1. The highest BCUT2D eigenvalue weighted by Gasteiger charge is 2.34. The zero-order chi connectivity index (χ0) is 33.7. The monoisotopic (exact) mass is 655 g/mol. The van der Waals surface area contributed by atoms with Crippen LogP contribution in [-0.4, -0.2) is 52.3 Å². The minimum absolute atomic E-state index is 0.0109. The molecule has 2 fully saturated rings. The van der Waals surface area contributed by atoms with Crippen LogP contribution in [0.5, 0.6) is 0 Å². The quantitative estimate of drug-likeness (QED) is 0.0602. The van der Waals surface area contributed by atoms with E-state index in [-0.39, 0.29) is 31.1 Å². The van der Waals surface area contributed by atoms with E-state index in [4.69, 9.17) is 14.7 Å². The van der Waals surface area contributed by atoms with Crippen LogP contribution in [0.2, 0.25) is 0 Å². The lowest BCUT2D eigenvalue weighted by Crippen LogP contribution is -2.43. The molecule has 48 heavy (non-hydrogen) atoms. The van der Waals surface area contributed by atoms with E-state index in [1.165, 1.54) is 25.7 Å². The number of unbranched alkanes of at least 4 members (excludes halogenated alkanes) is 1. The van der Waals surface area contributed by atoms with Gasteiger partial charge in [0.25, 0.3) is 0 Å². The fourth-order valence-corrected chi connectivity index (χ4v) is 6.71. The molecule has 256 valence electrons. The molecule has 5 rings (SSSR count). The van der Waals surface area contributed by atoms with Gasteiger partial charge in [0.05, 0.1) is 18.8 Å². The molecule has 9 nitrogen and oxygen atoms in total. The first kappa shape index (κ1) is 35.4. The molecule has 1 aliphatic carbocycles. The molecule has 3 aromatic carbocycles. The van der Waals surface area contributed by atoms with Crippen LogP contribution in [0.3, 0.4) is 0 Å². The van der Waals surface area contributed by atoms with Crippen molar-refractivity contribution in [1.29, 1.82) is 0 Å². The van der Waals surface area contributed by atoms with E-state index in [0.717, 1.165) is 52.9 Å². The van der Waals surface area contributed by atoms with Crippen molar-refractivity contribution in [2.24, 2.45) is 0 Å². The van der Waals surface area contributed by atoms with Gasteiger partial charge in [-0.05, 0) is 59.6 Å². The smallest absolute Gasteiger partial charge is 0.243 e. The molecule has 1 saturated carbocycles. The van der Waals surface area contributed by atoms with Crippen LogP contribution in [0.15, 0.2) is 85.5 Å². The second-order valence-corrected chi connectivity index (χ2v) is 12.9. The SMILES string of the molecule is C=CCN(CC1CC(c2ccc(CO)cc2)OC(c2ccc(-c3cccc(CNC(=O)CCCCC(=O)NO)c3)cc2)O1)C1CCCC1. The Morgan fingerprint density at radius 2 is 1.58 bits per heavy atom. The van der Waals surface area contributed by atoms with Gasteiger partial charge in [0.15, 0.2) is 6.29 Å². The minimum Gasteiger partial charge on any atom is -0.392 e. The number of hydroxylamine groups is 1. The summed E-state index contributed by atoms with van der Waals surface area (Å²) in [5.74, 6) is -0.513. The molecule has 2 aliphatic rings. The topological polar surface area (TPSA) is 120 Å². The van der Waals surface area contributed by atoms with Gasteiger partial charge >= 0.3 is 0 Å². The lowest BCUT2D eigenvalue weighted by Gasteiger charge is -2.39. The zero-order valence-corrected chi connectivity index (χ0v) is 27.7. The number of nitrogens with zero attached hydrogens (tertiary/aromatic N) is 1. The van der Waals surface area contributed by atoms with Crippen LogP contribution in [0, 0.1) is 0 Å². The molecule has 0 bridgehead atoms. The first-order valence-corrected chi connectivity index (χ1v) is 17.2. The number of hydrogen-bond acceptors (Lipinski definition) is 7. The molecule has 3 aromatic rings. The summed E-state index contributed by atoms with van der Waals surface area (Å²) in [5, 5.41) is 21.1. The summed E-state index contributed by atoms with van der Waals surface area (Å²) in [4.78, 5) is 25.9. The van der Waals surface area contributed by atoms with Crippen LogP contribution < -0.4 is 10.8 Å². The number of benzene rings is 3. The van der Waals surface area contributed by atoms with Crippen molar-refractivity contribution in [3.05, 3.63) is 108 Å². The van der Waals surface area contributed by atoms with Crippen LogP contribution >= 0.6 is 0 Å². The number of nitrogens with one attached hydrogen (secondary N) is 2. The van der Waals surface area contributed by atoms with Crippen molar-refractivity contribution in [2.45, 2.75) is 95.5 Å². The van der Waals surface area contributed by atoms with Gasteiger partial charge in [-0.15, -0.1) is 6.58 Å². The third-order valence-electron chi connectivity index (χ3n) is 9.37. The Morgan fingerprint density at radius 1 is 0.875 bits per heavy atom. The van der Waals surface area contributed by atoms with Gasteiger partial charge in [-0.25, -0.2) is 5.48 Å². The number of amides is 2. The third-order valence-corrected chi connectivity index (χ3v) is 9.37. The van der Waals surface area contributed by atoms with E-state index in [2.05, 4.69) is 53.2 Å². The van der Waals surface area contributed by atoms with Gasteiger partial charge in [-0.3, -0.25) is 19.7 Å². The Labute approximate surface area is 283 Å². The Balaban J connectivity index is 1.24. The Morgan fingerprint density at radius 3 is 2.27 bits per heavy atom. The lowest BCUT2D eigenvalue weighted by atomic mass is 9.98. The molecular weight excluding hydrogens is 606 g/mol. The van der Waals surface area contributed by atoms with Gasteiger partial charge in [-0.1, -0.05) is 85.6 Å². The second kappa shape index (κ2) is 18.1. The maximum absolute atomic E-state index is 12.3. The molecule has 0 radical (unpaired) electrons. The Kier molecular flexibility index (Phi) is 13.3. The predicted molar refractivity (Wildman–Crippen MR) is 185 cm³/mol. The van der Waals surface area contributed by atoms with Crippen molar-refractivity contribution in [3.8, 4) is 11.1 Å². The highest BCUT2D eigenvalue weighted by molar-refractivity contribution is 5.76. The lowest BCUT2D eigenvalue weighted by molar-refractivity contribution is -0.253. The summed E-state index contributed by atoms with van der Waals surface area (Å²) in [5.41, 5.74) is 7.61. The van der Waals surface area contributed by atoms with Crippen molar-refractivity contribution in [1.82, 2.24) is 15.7 Å². The molecule has 9 heteroatoms. The highest BCUT2D eigenvalue weighted by atomic mass is 16.7. The maximum atomic E-state index is 12.3. The van der Waals surface area contributed by atoms with Gasteiger partial charge < -0.3 is 19.9 Å². The number of carbonyl (C=O) groups excluding carboxylic acids is 2. The van der Waals surface area contributed by atoms with Gasteiger partial charge in [0, 0.05) is 50.5 Å². The van der Waals surface area contributed by atoms with Crippen molar-refractivity contribution in [2.75, 3.05) is 13.1 Å². The average Bonchev–Trinajstić information content (AvgIpc) is 3.68. The molecule has 3 unspecified atom stereocenters. The summed E-state index contributed by atoms with van der Waals surface area (Å²) in [6.07, 6.45) is 8.68. The standard InChI is InChI=1S/C39H49N3O6/c1-2-22-42(34-10-3-4-11-34)26-35-24-36(31-16-14-28(27-43)15-17-31)48-39(47-35)32-20-18-30(19-21-32)33-9-7-8-29(23-33)25-40-37(44)12-5-6-13-38(45)41-46/h2,7-9,14-21,23,34-36,39,43,46H,1,3-6,10-13,22,24-27H2,(H,40,44)(H,41,45). The molecular formula is C39H49N3O6. The van der Waals surface area contributed by atoms with E-state index in [0.29, 0.717) is 31.8 Å². The van der Waals surface area contributed by atoms with E-state index in [1.807, 2.05) is 42.5 Å². The first-order valence-electron chi connectivity index (χ1n) is 17.2. The van der Waals surface area contributed by atoms with Gasteiger partial charge in [0.1, 0.15) is 0 Å². The van der Waals surface area contributed by atoms with Crippen LogP contribution in [-0.2, 0) is 32.2 Å². The largest absolute Gasteiger partial charge is 0.392 e. The van der Waals surface area contributed by atoms with Crippen LogP contribution in [0.25, 0.3) is 11.1 Å². The number of aliphatic hydroxyl groups is 1. The fourth-order valence-electron chi connectivity index (χ4n) is 6.71.